The highest BCUT2D eigenvalue weighted by Gasteiger charge is 2.18. The maximum Gasteiger partial charge on any atom is 0.244 e. The highest BCUT2D eigenvalue weighted by molar-refractivity contribution is 6.31. The van der Waals surface area contributed by atoms with Crippen LogP contribution in [0.2, 0.25) is 5.02 Å². The van der Waals surface area contributed by atoms with Gasteiger partial charge in [-0.25, -0.2) is 4.39 Å². The lowest BCUT2D eigenvalue weighted by molar-refractivity contribution is -0.120. The summed E-state index contributed by atoms with van der Waals surface area (Å²) in [5.41, 5.74) is 1.55. The minimum Gasteiger partial charge on any atom is -0.323 e. The van der Waals surface area contributed by atoms with E-state index in [0.29, 0.717) is 16.9 Å². The van der Waals surface area contributed by atoms with Crippen molar-refractivity contribution in [3.63, 3.8) is 0 Å². The number of amides is 2. The highest BCUT2D eigenvalue weighted by Crippen LogP contribution is 2.24. The van der Waals surface area contributed by atoms with Crippen LogP contribution >= 0.6 is 11.6 Å². The maximum absolute atomic E-state index is 13.3. The molecule has 1 aromatic heterocycles. The molecule has 0 bridgehead atoms. The van der Waals surface area contributed by atoms with Gasteiger partial charge in [0.2, 0.25) is 11.8 Å². The first kappa shape index (κ1) is 17.8. The molecule has 26 heavy (non-hydrogen) atoms. The summed E-state index contributed by atoms with van der Waals surface area (Å²) in [6.07, 6.45) is 1.64. The Bertz CT molecular complexity index is 988. The van der Waals surface area contributed by atoms with E-state index in [1.807, 2.05) is 24.3 Å². The molecule has 2 aromatic carbocycles. The van der Waals surface area contributed by atoms with Crippen LogP contribution in [0.1, 0.15) is 6.92 Å². The normalized spacial score (nSPS) is 10.6. The van der Waals surface area contributed by atoms with Gasteiger partial charge in [0.1, 0.15) is 12.4 Å². The van der Waals surface area contributed by atoms with Gasteiger partial charge in [0.05, 0.1) is 16.2 Å². The SMILES string of the molecule is CC(=O)N(CC(=O)Nc1cccc2cccnc12)c1ccc(F)c(Cl)c1. The summed E-state index contributed by atoms with van der Waals surface area (Å²) in [7, 11) is 0. The molecular formula is C19H15ClFN3O2. The number of carbonyl (C=O) groups excluding carboxylic acids is 2. The number of para-hydroxylation sites is 1. The number of hydrogen-bond donors (Lipinski definition) is 1. The van der Waals surface area contributed by atoms with Gasteiger partial charge >= 0.3 is 0 Å². The lowest BCUT2D eigenvalue weighted by atomic mass is 10.2. The summed E-state index contributed by atoms with van der Waals surface area (Å²) < 4.78 is 13.3. The molecule has 3 aromatic rings. The first-order chi connectivity index (χ1) is 12.5. The number of pyridine rings is 1. The third-order valence-corrected chi connectivity index (χ3v) is 4.09. The van der Waals surface area contributed by atoms with Gasteiger partial charge in [-0.05, 0) is 30.3 Å². The van der Waals surface area contributed by atoms with Crippen LogP contribution in [0.5, 0.6) is 0 Å². The summed E-state index contributed by atoms with van der Waals surface area (Å²) in [6, 6.07) is 13.0. The molecule has 1 N–H and O–H groups in total. The molecule has 0 unspecified atom stereocenters. The van der Waals surface area contributed by atoms with Crippen LogP contribution in [0.15, 0.2) is 54.7 Å². The third-order valence-electron chi connectivity index (χ3n) is 3.80. The van der Waals surface area contributed by atoms with Crippen molar-refractivity contribution >= 4 is 45.7 Å². The zero-order chi connectivity index (χ0) is 18.7. The second-order valence-electron chi connectivity index (χ2n) is 5.63. The molecule has 0 saturated heterocycles. The van der Waals surface area contributed by atoms with Crippen molar-refractivity contribution in [2.45, 2.75) is 6.92 Å². The summed E-state index contributed by atoms with van der Waals surface area (Å²) in [6.45, 7) is 1.09. The van der Waals surface area contributed by atoms with Crippen LogP contribution < -0.4 is 10.2 Å². The number of rotatable bonds is 4. The fraction of sp³-hybridized carbons (Fsp3) is 0.105. The van der Waals surface area contributed by atoms with Crippen LogP contribution in [-0.4, -0.2) is 23.3 Å². The Labute approximate surface area is 154 Å². The Morgan fingerprint density at radius 1 is 1.19 bits per heavy atom. The second kappa shape index (κ2) is 7.49. The number of halogens is 2. The monoisotopic (exact) mass is 371 g/mol. The van der Waals surface area contributed by atoms with Gasteiger partial charge in [0.25, 0.3) is 0 Å². The average Bonchev–Trinajstić information content (AvgIpc) is 2.62. The smallest absolute Gasteiger partial charge is 0.244 e. The molecule has 3 rings (SSSR count). The van der Waals surface area contributed by atoms with Crippen molar-refractivity contribution in [2.75, 3.05) is 16.8 Å². The molecule has 0 spiro atoms. The van der Waals surface area contributed by atoms with E-state index >= 15 is 0 Å². The van der Waals surface area contributed by atoms with E-state index in [4.69, 9.17) is 11.6 Å². The minimum absolute atomic E-state index is 0.118. The summed E-state index contributed by atoms with van der Waals surface area (Å²) >= 11 is 5.77. The lowest BCUT2D eigenvalue weighted by Crippen LogP contribution is -2.36. The number of carbonyl (C=O) groups is 2. The molecule has 0 saturated carbocycles. The Kier molecular flexibility index (Phi) is 5.14. The predicted molar refractivity (Wildman–Crippen MR) is 99.8 cm³/mol. The maximum atomic E-state index is 13.3. The molecule has 5 nitrogen and oxygen atoms in total. The Morgan fingerprint density at radius 3 is 2.69 bits per heavy atom. The molecule has 0 aliphatic heterocycles. The highest BCUT2D eigenvalue weighted by atomic mass is 35.5. The molecular weight excluding hydrogens is 357 g/mol. The first-order valence-corrected chi connectivity index (χ1v) is 8.20. The van der Waals surface area contributed by atoms with Crippen LogP contribution in [0, 0.1) is 5.82 Å². The number of aromatic nitrogens is 1. The molecule has 7 heteroatoms. The number of anilines is 2. The van der Waals surface area contributed by atoms with Crippen molar-refractivity contribution in [1.29, 1.82) is 0 Å². The van der Waals surface area contributed by atoms with E-state index in [-0.39, 0.29) is 17.5 Å². The largest absolute Gasteiger partial charge is 0.323 e. The predicted octanol–water partition coefficient (Wildman–Crippen LogP) is 4.02. The Morgan fingerprint density at radius 2 is 1.96 bits per heavy atom. The summed E-state index contributed by atoms with van der Waals surface area (Å²) in [5, 5.41) is 3.53. The molecule has 0 aliphatic carbocycles. The molecule has 0 radical (unpaired) electrons. The van der Waals surface area contributed by atoms with Crippen LogP contribution in [0.4, 0.5) is 15.8 Å². The number of fused-ring (bicyclic) bond motifs is 1. The number of nitrogens with one attached hydrogen (secondary N) is 1. The number of nitrogens with zero attached hydrogens (tertiary/aromatic N) is 2. The molecule has 0 fully saturated rings. The molecule has 132 valence electrons. The molecule has 0 atom stereocenters. The van der Waals surface area contributed by atoms with Gasteiger partial charge in [-0.1, -0.05) is 29.8 Å². The number of hydrogen-bond acceptors (Lipinski definition) is 3. The summed E-state index contributed by atoms with van der Waals surface area (Å²) in [5.74, 6) is -1.36. The molecule has 2 amide bonds. The molecule has 0 aliphatic rings. The zero-order valence-corrected chi connectivity index (χ0v) is 14.6. The Hall–Kier alpha value is -2.99. The van der Waals surface area contributed by atoms with Crippen LogP contribution in [-0.2, 0) is 9.59 Å². The fourth-order valence-corrected chi connectivity index (χ4v) is 2.75. The Balaban J connectivity index is 1.82. The zero-order valence-electron chi connectivity index (χ0n) is 13.9. The van der Waals surface area contributed by atoms with E-state index < -0.39 is 11.7 Å². The number of benzene rings is 2. The standard InChI is InChI=1S/C19H15ClFN3O2/c1-12(25)24(14-7-8-16(21)15(20)10-14)11-18(26)23-17-6-2-4-13-5-3-9-22-19(13)17/h2-10H,11H2,1H3,(H,23,26). The van der Waals surface area contributed by atoms with Gasteiger partial charge < -0.3 is 10.2 Å². The van der Waals surface area contributed by atoms with Crippen molar-refractivity contribution in [3.05, 3.63) is 65.6 Å². The first-order valence-electron chi connectivity index (χ1n) is 7.82. The van der Waals surface area contributed by atoms with Gasteiger partial charge in [-0.3, -0.25) is 14.6 Å². The van der Waals surface area contributed by atoms with Crippen molar-refractivity contribution in [1.82, 2.24) is 4.98 Å². The third kappa shape index (κ3) is 3.81. The van der Waals surface area contributed by atoms with Gasteiger partial charge in [-0.2, -0.15) is 0 Å². The van der Waals surface area contributed by atoms with Gasteiger partial charge in [0, 0.05) is 24.2 Å². The quantitative estimate of drug-likeness (QED) is 0.753. The lowest BCUT2D eigenvalue weighted by Gasteiger charge is -2.21. The van der Waals surface area contributed by atoms with Gasteiger partial charge in [-0.15, -0.1) is 0 Å². The van der Waals surface area contributed by atoms with E-state index in [1.54, 1.807) is 12.3 Å². The minimum atomic E-state index is -0.592. The second-order valence-corrected chi connectivity index (χ2v) is 6.04. The van der Waals surface area contributed by atoms with Crippen LogP contribution in [0.3, 0.4) is 0 Å². The van der Waals surface area contributed by atoms with E-state index in [0.717, 1.165) is 11.5 Å². The molecule has 1 heterocycles. The van der Waals surface area contributed by atoms with Gasteiger partial charge in [0.15, 0.2) is 0 Å². The topological polar surface area (TPSA) is 62.3 Å². The van der Waals surface area contributed by atoms with E-state index in [1.165, 1.54) is 24.0 Å². The van der Waals surface area contributed by atoms with E-state index in [9.17, 15) is 14.0 Å². The van der Waals surface area contributed by atoms with Crippen molar-refractivity contribution in [2.24, 2.45) is 0 Å². The fourth-order valence-electron chi connectivity index (χ4n) is 2.58. The van der Waals surface area contributed by atoms with E-state index in [2.05, 4.69) is 10.3 Å². The summed E-state index contributed by atoms with van der Waals surface area (Å²) in [4.78, 5) is 29.9. The average molecular weight is 372 g/mol. The van der Waals surface area contributed by atoms with Crippen LogP contribution in [0.25, 0.3) is 10.9 Å². The van der Waals surface area contributed by atoms with Crippen molar-refractivity contribution in [3.8, 4) is 0 Å². The van der Waals surface area contributed by atoms with Crippen molar-refractivity contribution < 1.29 is 14.0 Å².